The van der Waals surface area contributed by atoms with E-state index in [-0.39, 0.29) is 0 Å². The largest absolute Gasteiger partial charge is 0.298 e. The zero-order chi connectivity index (χ0) is 9.19. The van der Waals surface area contributed by atoms with Crippen LogP contribution in [0.25, 0.3) is 0 Å². The first-order valence-electron chi connectivity index (χ1n) is 4.45. The molecule has 0 unspecified atom stereocenters. The molecule has 0 atom stereocenters. The molecule has 66 valence electrons. The zero-order valence-electron chi connectivity index (χ0n) is 8.46. The van der Waals surface area contributed by atoms with Crippen molar-refractivity contribution < 1.29 is 0 Å². The van der Waals surface area contributed by atoms with Crippen LogP contribution >= 0.6 is 0 Å². The van der Waals surface area contributed by atoms with E-state index in [1.807, 2.05) is 0 Å². The Morgan fingerprint density at radius 3 is 2.08 bits per heavy atom. The van der Waals surface area contributed by atoms with Crippen LogP contribution in [0.15, 0.2) is 24.3 Å². The van der Waals surface area contributed by atoms with Crippen molar-refractivity contribution in [2.24, 2.45) is 0 Å². The maximum atomic E-state index is 2.21. The second-order valence-corrected chi connectivity index (χ2v) is 3.99. The molecule has 1 heteroatoms. The molecule has 0 aromatic heterocycles. The van der Waals surface area contributed by atoms with Crippen molar-refractivity contribution in [1.29, 1.82) is 0 Å². The molecule has 0 aliphatic rings. The monoisotopic (exact) mass is 164 g/mol. The molecule has 1 rings (SSSR count). The highest BCUT2D eigenvalue weighted by atomic mass is 15.3. The molecule has 0 radical (unpaired) electrons. The van der Waals surface area contributed by atoms with Gasteiger partial charge in [0.25, 0.3) is 0 Å². The van der Waals surface area contributed by atoms with Gasteiger partial charge < -0.3 is 0 Å². The van der Waals surface area contributed by atoms with Crippen LogP contribution in [0.5, 0.6) is 0 Å². The first-order valence-corrected chi connectivity index (χ1v) is 4.45. The summed E-state index contributed by atoms with van der Waals surface area (Å²) >= 11 is 0. The number of hydrogen-bond donors (Lipinski definition) is 0. The summed E-state index contributed by atoms with van der Waals surface area (Å²) in [4.78, 5) is 0. The van der Waals surface area contributed by atoms with E-state index in [0.717, 1.165) is 10.9 Å². The van der Waals surface area contributed by atoms with Crippen molar-refractivity contribution in [2.45, 2.75) is 13.3 Å². The van der Waals surface area contributed by atoms with Gasteiger partial charge in [0.1, 0.15) is 5.69 Å². The van der Waals surface area contributed by atoms with Gasteiger partial charge in [-0.3, -0.25) is 4.48 Å². The Labute approximate surface area is 75.2 Å². The summed E-state index contributed by atoms with van der Waals surface area (Å²) < 4.78 is 0.907. The van der Waals surface area contributed by atoms with Crippen molar-refractivity contribution in [3.05, 3.63) is 29.8 Å². The SMILES string of the molecule is CCc1ccccc1[N+](C)(C)C. The van der Waals surface area contributed by atoms with E-state index in [1.54, 1.807) is 0 Å². The number of benzene rings is 1. The lowest BCUT2D eigenvalue weighted by Crippen LogP contribution is -2.35. The summed E-state index contributed by atoms with van der Waals surface area (Å²) in [6.45, 7) is 2.20. The van der Waals surface area contributed by atoms with Gasteiger partial charge in [0, 0.05) is 5.56 Å². The molecule has 0 aliphatic carbocycles. The van der Waals surface area contributed by atoms with E-state index in [0.29, 0.717) is 0 Å². The number of hydrogen-bond acceptors (Lipinski definition) is 0. The fraction of sp³-hybridized carbons (Fsp3) is 0.455. The summed E-state index contributed by atoms with van der Waals surface area (Å²) in [6, 6.07) is 8.63. The van der Waals surface area contributed by atoms with Gasteiger partial charge in [-0.1, -0.05) is 25.1 Å². The second kappa shape index (κ2) is 3.28. The molecule has 1 aromatic rings. The first kappa shape index (κ1) is 9.27. The van der Waals surface area contributed by atoms with Gasteiger partial charge in [-0.25, -0.2) is 0 Å². The normalized spacial score (nSPS) is 11.7. The molecule has 12 heavy (non-hydrogen) atoms. The molecule has 0 fully saturated rings. The van der Waals surface area contributed by atoms with E-state index in [9.17, 15) is 0 Å². The van der Waals surface area contributed by atoms with Crippen molar-refractivity contribution in [1.82, 2.24) is 4.48 Å². The van der Waals surface area contributed by atoms with E-state index >= 15 is 0 Å². The number of nitrogens with zero attached hydrogens (tertiary/aromatic N) is 1. The van der Waals surface area contributed by atoms with Crippen molar-refractivity contribution in [3.8, 4) is 0 Å². The van der Waals surface area contributed by atoms with Crippen LogP contribution < -0.4 is 4.48 Å². The van der Waals surface area contributed by atoms with Gasteiger partial charge >= 0.3 is 0 Å². The summed E-state index contributed by atoms with van der Waals surface area (Å²) in [5.41, 5.74) is 2.87. The quantitative estimate of drug-likeness (QED) is 0.589. The van der Waals surface area contributed by atoms with Crippen LogP contribution in [0.4, 0.5) is 5.69 Å². The minimum atomic E-state index is 0.907. The van der Waals surface area contributed by atoms with Gasteiger partial charge in [-0.2, -0.15) is 0 Å². The lowest BCUT2D eigenvalue weighted by atomic mass is 10.1. The molecule has 0 aliphatic heterocycles. The lowest BCUT2D eigenvalue weighted by Gasteiger charge is -2.25. The standard InChI is InChI=1S/C11H18N/c1-5-10-8-6-7-9-11(10)12(2,3)4/h6-9H,5H2,1-4H3/q+1. The van der Waals surface area contributed by atoms with Gasteiger partial charge in [-0.05, 0) is 12.5 Å². The van der Waals surface area contributed by atoms with Crippen LogP contribution in [0.2, 0.25) is 0 Å². The zero-order valence-corrected chi connectivity index (χ0v) is 8.46. The maximum Gasteiger partial charge on any atom is 0.135 e. The van der Waals surface area contributed by atoms with Crippen LogP contribution in [0.3, 0.4) is 0 Å². The minimum absolute atomic E-state index is 0.907. The van der Waals surface area contributed by atoms with E-state index in [4.69, 9.17) is 0 Å². The molecule has 0 saturated heterocycles. The third kappa shape index (κ3) is 1.86. The number of rotatable bonds is 2. The Bertz CT molecular complexity index is 258. The third-order valence-electron chi connectivity index (χ3n) is 2.10. The molecule has 0 N–H and O–H groups in total. The number of aryl methyl sites for hydroxylation is 1. The summed E-state index contributed by atoms with van der Waals surface area (Å²) in [5.74, 6) is 0. The molecule has 0 bridgehead atoms. The third-order valence-corrected chi connectivity index (χ3v) is 2.10. The van der Waals surface area contributed by atoms with E-state index in [2.05, 4.69) is 52.3 Å². The Morgan fingerprint density at radius 2 is 1.67 bits per heavy atom. The highest BCUT2D eigenvalue weighted by Gasteiger charge is 2.14. The van der Waals surface area contributed by atoms with Crippen molar-refractivity contribution in [3.63, 3.8) is 0 Å². The fourth-order valence-corrected chi connectivity index (χ4v) is 1.46. The highest BCUT2D eigenvalue weighted by Crippen LogP contribution is 2.22. The Kier molecular flexibility index (Phi) is 2.53. The Hall–Kier alpha value is -0.820. The fourth-order valence-electron chi connectivity index (χ4n) is 1.46. The van der Waals surface area contributed by atoms with Crippen LogP contribution in [0, 0.1) is 0 Å². The van der Waals surface area contributed by atoms with Crippen molar-refractivity contribution in [2.75, 3.05) is 21.1 Å². The Balaban J connectivity index is 3.14. The van der Waals surface area contributed by atoms with Crippen molar-refractivity contribution >= 4 is 5.69 Å². The van der Waals surface area contributed by atoms with E-state index in [1.165, 1.54) is 11.3 Å². The van der Waals surface area contributed by atoms with Gasteiger partial charge in [0.15, 0.2) is 0 Å². The molecular weight excluding hydrogens is 146 g/mol. The van der Waals surface area contributed by atoms with Crippen LogP contribution in [-0.2, 0) is 6.42 Å². The van der Waals surface area contributed by atoms with E-state index < -0.39 is 0 Å². The molecular formula is C11H18N+. The Morgan fingerprint density at radius 1 is 1.08 bits per heavy atom. The average molecular weight is 164 g/mol. The smallest absolute Gasteiger partial charge is 0.135 e. The number of para-hydroxylation sites is 1. The maximum absolute atomic E-state index is 2.21. The molecule has 0 spiro atoms. The topological polar surface area (TPSA) is 0 Å². The first-order chi connectivity index (χ1) is 5.55. The summed E-state index contributed by atoms with van der Waals surface area (Å²) in [6.07, 6.45) is 1.12. The summed E-state index contributed by atoms with van der Waals surface area (Å²) in [7, 11) is 6.61. The van der Waals surface area contributed by atoms with Gasteiger partial charge in [0.05, 0.1) is 21.1 Å². The number of quaternary nitrogens is 1. The molecule has 0 amide bonds. The molecule has 0 heterocycles. The minimum Gasteiger partial charge on any atom is -0.298 e. The van der Waals surface area contributed by atoms with Crippen LogP contribution in [-0.4, -0.2) is 21.1 Å². The van der Waals surface area contributed by atoms with Gasteiger partial charge in [-0.15, -0.1) is 0 Å². The highest BCUT2D eigenvalue weighted by molar-refractivity contribution is 5.49. The molecule has 1 nitrogen and oxygen atoms in total. The lowest BCUT2D eigenvalue weighted by molar-refractivity contribution is 0.482. The van der Waals surface area contributed by atoms with Gasteiger partial charge in [0.2, 0.25) is 0 Å². The predicted molar refractivity (Wildman–Crippen MR) is 55.4 cm³/mol. The second-order valence-electron chi connectivity index (χ2n) is 3.99. The average Bonchev–Trinajstić information content (AvgIpc) is 2.03. The summed E-state index contributed by atoms with van der Waals surface area (Å²) in [5, 5.41) is 0. The molecule has 0 saturated carbocycles. The predicted octanol–water partition coefficient (Wildman–Crippen LogP) is 2.45. The van der Waals surface area contributed by atoms with Crippen LogP contribution in [0.1, 0.15) is 12.5 Å². The molecule has 1 aromatic carbocycles.